The molecule has 0 aromatic heterocycles. The fraction of sp³-hybridized carbons (Fsp3) is 1.00. The molecule has 0 saturated carbocycles. The first kappa shape index (κ1) is 12.9. The molecule has 0 spiro atoms. The number of hydrogen-bond donors (Lipinski definition) is 1. The summed E-state index contributed by atoms with van der Waals surface area (Å²) in [5.41, 5.74) is 0.265. The Morgan fingerprint density at radius 1 is 1.40 bits per heavy atom. The van der Waals surface area contributed by atoms with Crippen LogP contribution in [0, 0.1) is 0 Å². The first-order valence-corrected chi connectivity index (χ1v) is 6.07. The molecule has 1 atom stereocenters. The maximum atomic E-state index is 9.08. The second kappa shape index (κ2) is 5.28. The van der Waals surface area contributed by atoms with Gasteiger partial charge in [0.2, 0.25) is 0 Å². The van der Waals surface area contributed by atoms with Crippen LogP contribution < -0.4 is 0 Å². The van der Waals surface area contributed by atoms with E-state index >= 15 is 0 Å². The summed E-state index contributed by atoms with van der Waals surface area (Å²) in [5, 5.41) is 9.08. The molecule has 1 unspecified atom stereocenters. The van der Waals surface area contributed by atoms with Crippen molar-refractivity contribution in [3.63, 3.8) is 0 Å². The summed E-state index contributed by atoms with van der Waals surface area (Å²) in [6, 6.07) is 0.535. The summed E-state index contributed by atoms with van der Waals surface area (Å²) in [4.78, 5) is 4.95. The van der Waals surface area contributed by atoms with Crippen molar-refractivity contribution < 1.29 is 5.11 Å². The Morgan fingerprint density at radius 2 is 2.07 bits per heavy atom. The van der Waals surface area contributed by atoms with Gasteiger partial charge in [-0.25, -0.2) is 0 Å². The van der Waals surface area contributed by atoms with E-state index in [4.69, 9.17) is 5.11 Å². The Hall–Kier alpha value is -0.120. The van der Waals surface area contributed by atoms with Crippen molar-refractivity contribution in [2.45, 2.75) is 45.2 Å². The first-order chi connectivity index (χ1) is 7.01. The van der Waals surface area contributed by atoms with Gasteiger partial charge in [-0.15, -0.1) is 0 Å². The van der Waals surface area contributed by atoms with Gasteiger partial charge >= 0.3 is 0 Å². The molecule has 0 bridgehead atoms. The van der Waals surface area contributed by atoms with Crippen molar-refractivity contribution in [2.75, 3.05) is 33.3 Å². The van der Waals surface area contributed by atoms with Gasteiger partial charge < -0.3 is 5.11 Å². The van der Waals surface area contributed by atoms with E-state index in [2.05, 4.69) is 37.6 Å². The van der Waals surface area contributed by atoms with Crippen LogP contribution in [-0.4, -0.2) is 59.8 Å². The van der Waals surface area contributed by atoms with Crippen LogP contribution in [0.25, 0.3) is 0 Å². The Labute approximate surface area is 94.1 Å². The minimum Gasteiger partial charge on any atom is -0.396 e. The molecule has 15 heavy (non-hydrogen) atoms. The van der Waals surface area contributed by atoms with E-state index in [9.17, 15) is 0 Å². The molecule has 0 aromatic rings. The van der Waals surface area contributed by atoms with Crippen molar-refractivity contribution >= 4 is 0 Å². The van der Waals surface area contributed by atoms with Crippen LogP contribution in [0.4, 0.5) is 0 Å². The molecule has 0 amide bonds. The third-order valence-electron chi connectivity index (χ3n) is 3.60. The average molecular weight is 214 g/mol. The summed E-state index contributed by atoms with van der Waals surface area (Å²) in [5.74, 6) is 0. The zero-order chi connectivity index (χ0) is 11.5. The Morgan fingerprint density at radius 3 is 2.60 bits per heavy atom. The second-order valence-electron chi connectivity index (χ2n) is 5.33. The fourth-order valence-electron chi connectivity index (χ4n) is 2.40. The summed E-state index contributed by atoms with van der Waals surface area (Å²) >= 11 is 0. The molecular weight excluding hydrogens is 188 g/mol. The average Bonchev–Trinajstić information content (AvgIpc) is 2.14. The Balaban J connectivity index is 2.63. The molecule has 1 aliphatic rings. The SMILES string of the molecule is CCCN1CC(C)(C)N(C)CC1CCO. The van der Waals surface area contributed by atoms with Gasteiger partial charge in [-0.05, 0) is 40.3 Å². The Bertz CT molecular complexity index is 194. The van der Waals surface area contributed by atoms with Crippen LogP contribution in [0.3, 0.4) is 0 Å². The number of likely N-dealkylation sites (N-methyl/N-ethyl adjacent to an activating group) is 1. The van der Waals surface area contributed by atoms with Crippen LogP contribution in [0.1, 0.15) is 33.6 Å². The van der Waals surface area contributed by atoms with Crippen LogP contribution in [0.5, 0.6) is 0 Å². The monoisotopic (exact) mass is 214 g/mol. The maximum Gasteiger partial charge on any atom is 0.0446 e. The number of piperazine rings is 1. The molecule has 1 heterocycles. The van der Waals surface area contributed by atoms with E-state index in [0.717, 1.165) is 26.1 Å². The van der Waals surface area contributed by atoms with Gasteiger partial charge in [-0.1, -0.05) is 6.92 Å². The molecule has 0 aliphatic carbocycles. The molecule has 0 aromatic carbocycles. The van der Waals surface area contributed by atoms with E-state index < -0.39 is 0 Å². The molecule has 1 saturated heterocycles. The maximum absolute atomic E-state index is 9.08. The zero-order valence-corrected chi connectivity index (χ0v) is 10.7. The normalized spacial score (nSPS) is 28.2. The van der Waals surface area contributed by atoms with Crippen molar-refractivity contribution in [1.82, 2.24) is 9.80 Å². The van der Waals surface area contributed by atoms with Crippen LogP contribution >= 0.6 is 0 Å². The number of hydrogen-bond acceptors (Lipinski definition) is 3. The molecule has 0 radical (unpaired) electrons. The molecule has 3 nitrogen and oxygen atoms in total. The highest BCUT2D eigenvalue weighted by atomic mass is 16.3. The number of nitrogens with zero attached hydrogens (tertiary/aromatic N) is 2. The minimum atomic E-state index is 0.265. The molecule has 1 N–H and O–H groups in total. The van der Waals surface area contributed by atoms with Gasteiger partial charge in [0, 0.05) is 31.3 Å². The quantitative estimate of drug-likeness (QED) is 0.761. The molecule has 1 fully saturated rings. The third kappa shape index (κ3) is 3.16. The van der Waals surface area contributed by atoms with E-state index in [1.807, 2.05) is 0 Å². The van der Waals surface area contributed by atoms with Crippen molar-refractivity contribution in [1.29, 1.82) is 0 Å². The first-order valence-electron chi connectivity index (χ1n) is 6.07. The standard InChI is InChI=1S/C12H26N2O/c1-5-7-14-10-12(2,3)13(4)9-11(14)6-8-15/h11,15H,5-10H2,1-4H3. The van der Waals surface area contributed by atoms with Gasteiger partial charge in [0.15, 0.2) is 0 Å². The topological polar surface area (TPSA) is 26.7 Å². The predicted octanol–water partition coefficient (Wildman–Crippen LogP) is 1.17. The lowest BCUT2D eigenvalue weighted by Gasteiger charge is -2.49. The molecular formula is C12H26N2O. The van der Waals surface area contributed by atoms with Crippen molar-refractivity contribution in [3.05, 3.63) is 0 Å². The summed E-state index contributed by atoms with van der Waals surface area (Å²) < 4.78 is 0. The van der Waals surface area contributed by atoms with Crippen molar-refractivity contribution in [3.8, 4) is 0 Å². The highest BCUT2D eigenvalue weighted by Gasteiger charge is 2.35. The van der Waals surface area contributed by atoms with E-state index in [1.165, 1.54) is 6.42 Å². The lowest BCUT2D eigenvalue weighted by Crippen LogP contribution is -2.62. The van der Waals surface area contributed by atoms with Crippen molar-refractivity contribution in [2.24, 2.45) is 0 Å². The number of aliphatic hydroxyl groups excluding tert-OH is 1. The largest absolute Gasteiger partial charge is 0.396 e. The van der Waals surface area contributed by atoms with Crippen LogP contribution in [-0.2, 0) is 0 Å². The number of aliphatic hydroxyl groups is 1. The lowest BCUT2D eigenvalue weighted by atomic mass is 9.95. The molecule has 3 heteroatoms. The van der Waals surface area contributed by atoms with E-state index in [0.29, 0.717) is 12.6 Å². The predicted molar refractivity (Wildman–Crippen MR) is 64.1 cm³/mol. The van der Waals surface area contributed by atoms with Crippen LogP contribution in [0.2, 0.25) is 0 Å². The smallest absolute Gasteiger partial charge is 0.0446 e. The third-order valence-corrected chi connectivity index (χ3v) is 3.60. The Kier molecular flexibility index (Phi) is 4.56. The van der Waals surface area contributed by atoms with Gasteiger partial charge in [0.05, 0.1) is 0 Å². The zero-order valence-electron chi connectivity index (χ0n) is 10.7. The van der Waals surface area contributed by atoms with E-state index in [-0.39, 0.29) is 5.54 Å². The van der Waals surface area contributed by atoms with Crippen LogP contribution in [0.15, 0.2) is 0 Å². The summed E-state index contributed by atoms with van der Waals surface area (Å²) in [7, 11) is 2.19. The second-order valence-corrected chi connectivity index (χ2v) is 5.33. The lowest BCUT2D eigenvalue weighted by molar-refractivity contribution is -0.00889. The van der Waals surface area contributed by atoms with E-state index in [1.54, 1.807) is 0 Å². The summed E-state index contributed by atoms with van der Waals surface area (Å²) in [6.45, 7) is 10.5. The minimum absolute atomic E-state index is 0.265. The van der Waals surface area contributed by atoms with Gasteiger partial charge in [-0.3, -0.25) is 9.80 Å². The number of rotatable bonds is 4. The van der Waals surface area contributed by atoms with Gasteiger partial charge in [-0.2, -0.15) is 0 Å². The summed E-state index contributed by atoms with van der Waals surface area (Å²) in [6.07, 6.45) is 2.10. The highest BCUT2D eigenvalue weighted by molar-refractivity contribution is 4.93. The highest BCUT2D eigenvalue weighted by Crippen LogP contribution is 2.24. The molecule has 1 aliphatic heterocycles. The fourth-order valence-corrected chi connectivity index (χ4v) is 2.40. The van der Waals surface area contributed by atoms with Gasteiger partial charge in [0.25, 0.3) is 0 Å². The molecule has 90 valence electrons. The molecule has 1 rings (SSSR count). The van der Waals surface area contributed by atoms with Gasteiger partial charge in [0.1, 0.15) is 0 Å².